The highest BCUT2D eigenvalue weighted by Crippen LogP contribution is 2.36. The van der Waals surface area contributed by atoms with Gasteiger partial charge in [-0.05, 0) is 77.8 Å². The second-order valence-electron chi connectivity index (χ2n) is 8.15. The molecule has 3 aromatic rings. The Morgan fingerprint density at radius 2 is 2.13 bits per heavy atom. The SMILES string of the molecule is CC1CC=Cc2ncc(-c3cnn4c(N)c(Br)c(OCC5CCNCC5)nc34)cc21. The van der Waals surface area contributed by atoms with Gasteiger partial charge in [0.25, 0.3) is 0 Å². The van der Waals surface area contributed by atoms with E-state index in [1.807, 2.05) is 6.20 Å². The van der Waals surface area contributed by atoms with Crippen LogP contribution in [0.4, 0.5) is 5.82 Å². The van der Waals surface area contributed by atoms with E-state index >= 15 is 0 Å². The smallest absolute Gasteiger partial charge is 0.233 e. The Balaban J connectivity index is 1.51. The highest BCUT2D eigenvalue weighted by atomic mass is 79.9. The minimum atomic E-state index is 0.440. The van der Waals surface area contributed by atoms with Crippen LogP contribution in [0.3, 0.4) is 0 Å². The van der Waals surface area contributed by atoms with E-state index in [4.69, 9.17) is 15.5 Å². The van der Waals surface area contributed by atoms with Gasteiger partial charge in [-0.3, -0.25) is 4.98 Å². The van der Waals surface area contributed by atoms with Gasteiger partial charge in [0, 0.05) is 17.3 Å². The number of ether oxygens (including phenoxy) is 1. The molecule has 1 aliphatic heterocycles. The van der Waals surface area contributed by atoms with Crippen LogP contribution in [-0.2, 0) is 0 Å². The quantitative estimate of drug-likeness (QED) is 0.600. The van der Waals surface area contributed by atoms with Gasteiger partial charge >= 0.3 is 0 Å². The molecular weight excluding hydrogens is 444 g/mol. The van der Waals surface area contributed by atoms with Crippen molar-refractivity contribution in [3.63, 3.8) is 0 Å². The van der Waals surface area contributed by atoms with Crippen LogP contribution < -0.4 is 15.8 Å². The van der Waals surface area contributed by atoms with Crippen LogP contribution in [0.1, 0.15) is 43.4 Å². The minimum Gasteiger partial charge on any atom is -0.476 e. The largest absolute Gasteiger partial charge is 0.476 e. The molecule has 1 saturated heterocycles. The molecule has 1 fully saturated rings. The van der Waals surface area contributed by atoms with Crippen molar-refractivity contribution in [2.75, 3.05) is 25.4 Å². The Morgan fingerprint density at radius 3 is 2.97 bits per heavy atom. The third-order valence-corrected chi connectivity index (χ3v) is 6.81. The standard InChI is InChI=1S/C22H25BrN6O/c1-13-3-2-4-18-16(13)9-15(10-26-18)17-11-27-29-20(24)19(23)22(28-21(17)29)30-12-14-5-7-25-8-6-14/h2,4,9-11,13-14,25H,3,5-8,12,24H2,1H3. The number of fused-ring (bicyclic) bond motifs is 2. The molecular formula is C22H25BrN6O. The minimum absolute atomic E-state index is 0.440. The van der Waals surface area contributed by atoms with E-state index in [1.165, 1.54) is 5.56 Å². The molecule has 8 heteroatoms. The van der Waals surface area contributed by atoms with Crippen molar-refractivity contribution in [1.82, 2.24) is 24.9 Å². The lowest BCUT2D eigenvalue weighted by atomic mass is 9.90. The Morgan fingerprint density at radius 1 is 1.30 bits per heavy atom. The number of hydrogen-bond acceptors (Lipinski definition) is 6. The van der Waals surface area contributed by atoms with Crippen molar-refractivity contribution in [1.29, 1.82) is 0 Å². The summed E-state index contributed by atoms with van der Waals surface area (Å²) in [5, 5.41) is 7.85. The van der Waals surface area contributed by atoms with Crippen molar-refractivity contribution >= 4 is 33.5 Å². The number of piperidine rings is 1. The summed E-state index contributed by atoms with van der Waals surface area (Å²) >= 11 is 3.54. The first-order valence-corrected chi connectivity index (χ1v) is 11.2. The summed E-state index contributed by atoms with van der Waals surface area (Å²) in [6.07, 6.45) is 11.2. The predicted molar refractivity (Wildman–Crippen MR) is 121 cm³/mol. The van der Waals surface area contributed by atoms with Gasteiger partial charge in [-0.1, -0.05) is 13.0 Å². The average molecular weight is 469 g/mol. The third kappa shape index (κ3) is 3.48. The fourth-order valence-electron chi connectivity index (χ4n) is 4.20. The molecule has 156 valence electrons. The van der Waals surface area contributed by atoms with Crippen molar-refractivity contribution in [3.05, 3.63) is 40.3 Å². The number of pyridine rings is 1. The summed E-state index contributed by atoms with van der Waals surface area (Å²) in [5.74, 6) is 1.97. The molecule has 0 amide bonds. The van der Waals surface area contributed by atoms with Gasteiger partial charge < -0.3 is 15.8 Å². The third-order valence-electron chi connectivity index (χ3n) is 6.06. The molecule has 1 unspecified atom stereocenters. The normalized spacial score (nSPS) is 19.2. The first-order valence-electron chi connectivity index (χ1n) is 10.4. The number of hydrogen-bond donors (Lipinski definition) is 2. The molecule has 3 N–H and O–H groups in total. The Labute approximate surface area is 183 Å². The molecule has 1 aliphatic carbocycles. The van der Waals surface area contributed by atoms with Crippen LogP contribution in [0.2, 0.25) is 0 Å². The molecule has 0 bridgehead atoms. The first kappa shape index (κ1) is 19.5. The summed E-state index contributed by atoms with van der Waals surface area (Å²) in [6.45, 7) is 4.94. The van der Waals surface area contributed by atoms with Crippen LogP contribution in [0.15, 0.2) is 29.0 Å². The lowest BCUT2D eigenvalue weighted by molar-refractivity contribution is 0.208. The van der Waals surface area contributed by atoms with Crippen molar-refractivity contribution in [2.45, 2.75) is 32.1 Å². The van der Waals surface area contributed by atoms with E-state index in [9.17, 15) is 0 Å². The van der Waals surface area contributed by atoms with Gasteiger partial charge in [0.15, 0.2) is 5.65 Å². The zero-order chi connectivity index (χ0) is 20.7. The van der Waals surface area contributed by atoms with Crippen molar-refractivity contribution in [2.24, 2.45) is 5.92 Å². The van der Waals surface area contributed by atoms with E-state index in [1.54, 1.807) is 10.7 Å². The van der Waals surface area contributed by atoms with Gasteiger partial charge in [0.2, 0.25) is 5.88 Å². The Bertz CT molecular complexity index is 1120. The summed E-state index contributed by atoms with van der Waals surface area (Å²) in [6, 6.07) is 2.20. The molecule has 5 rings (SSSR count). The molecule has 0 aromatic carbocycles. The predicted octanol–water partition coefficient (Wildman–Crippen LogP) is 4.03. The van der Waals surface area contributed by atoms with E-state index in [-0.39, 0.29) is 0 Å². The van der Waals surface area contributed by atoms with Crippen LogP contribution >= 0.6 is 15.9 Å². The summed E-state index contributed by atoms with van der Waals surface area (Å²) in [4.78, 5) is 9.44. The number of anilines is 1. The second-order valence-corrected chi connectivity index (χ2v) is 8.94. The van der Waals surface area contributed by atoms with Gasteiger partial charge in [-0.25, -0.2) is 0 Å². The summed E-state index contributed by atoms with van der Waals surface area (Å²) in [5.41, 5.74) is 11.2. The van der Waals surface area contributed by atoms with Gasteiger partial charge in [0.05, 0.1) is 18.5 Å². The second kappa shape index (κ2) is 8.00. The number of nitrogens with one attached hydrogen (secondary N) is 1. The van der Waals surface area contributed by atoms with E-state index in [0.717, 1.165) is 49.2 Å². The summed E-state index contributed by atoms with van der Waals surface area (Å²) < 4.78 is 8.39. The molecule has 2 aliphatic rings. The van der Waals surface area contributed by atoms with Crippen LogP contribution in [0.25, 0.3) is 22.9 Å². The fraction of sp³-hybridized carbons (Fsp3) is 0.409. The average Bonchev–Trinajstić information content (AvgIpc) is 3.20. The van der Waals surface area contributed by atoms with Crippen LogP contribution in [-0.4, -0.2) is 39.3 Å². The molecule has 0 radical (unpaired) electrons. The van der Waals surface area contributed by atoms with Gasteiger partial charge in [0.1, 0.15) is 10.3 Å². The molecule has 30 heavy (non-hydrogen) atoms. The first-order chi connectivity index (χ1) is 14.6. The maximum absolute atomic E-state index is 6.35. The number of allylic oxidation sites excluding steroid dienone is 1. The molecule has 0 saturated carbocycles. The zero-order valence-corrected chi connectivity index (χ0v) is 18.5. The summed E-state index contributed by atoms with van der Waals surface area (Å²) in [7, 11) is 0. The van der Waals surface area contributed by atoms with E-state index in [2.05, 4.69) is 56.5 Å². The number of nitrogens with zero attached hydrogens (tertiary/aromatic N) is 4. The highest BCUT2D eigenvalue weighted by Gasteiger charge is 2.21. The van der Waals surface area contributed by atoms with E-state index < -0.39 is 0 Å². The Hall–Kier alpha value is -2.45. The van der Waals surface area contributed by atoms with Gasteiger partial charge in [-0.2, -0.15) is 14.6 Å². The molecule has 3 aromatic heterocycles. The van der Waals surface area contributed by atoms with Crippen LogP contribution in [0, 0.1) is 5.92 Å². The molecule has 1 atom stereocenters. The lowest BCUT2D eigenvalue weighted by Gasteiger charge is -2.22. The lowest BCUT2D eigenvalue weighted by Crippen LogP contribution is -2.30. The molecule has 4 heterocycles. The van der Waals surface area contributed by atoms with Crippen LogP contribution in [0.5, 0.6) is 5.88 Å². The Kier molecular flexibility index (Phi) is 5.20. The van der Waals surface area contributed by atoms with Gasteiger partial charge in [-0.15, -0.1) is 0 Å². The van der Waals surface area contributed by atoms with E-state index in [0.29, 0.717) is 40.3 Å². The van der Waals surface area contributed by atoms with Crippen molar-refractivity contribution in [3.8, 4) is 17.0 Å². The van der Waals surface area contributed by atoms with Crippen molar-refractivity contribution < 1.29 is 4.74 Å². The number of nitrogen functional groups attached to an aromatic ring is 1. The molecule has 7 nitrogen and oxygen atoms in total. The number of aromatic nitrogens is 4. The number of nitrogens with two attached hydrogens (primary N) is 1. The fourth-order valence-corrected chi connectivity index (χ4v) is 4.57. The number of rotatable bonds is 4. The highest BCUT2D eigenvalue weighted by molar-refractivity contribution is 9.10. The molecule has 0 spiro atoms. The zero-order valence-electron chi connectivity index (χ0n) is 16.9. The maximum Gasteiger partial charge on any atom is 0.233 e. The monoisotopic (exact) mass is 468 g/mol. The number of halogens is 1. The maximum atomic E-state index is 6.35. The topological polar surface area (TPSA) is 90.4 Å².